The van der Waals surface area contributed by atoms with Gasteiger partial charge in [0.2, 0.25) is 0 Å². The molecule has 0 N–H and O–H groups in total. The van der Waals surface area contributed by atoms with Crippen molar-refractivity contribution < 1.29 is 9.59 Å². The van der Waals surface area contributed by atoms with Crippen molar-refractivity contribution in [3.8, 4) is 0 Å². The molecular weight excluding hydrogens is 203 g/mol. The topological polar surface area (TPSA) is 34.1 Å². The monoisotopic (exact) mass is 226 g/mol. The Morgan fingerprint density at radius 1 is 1.27 bits per heavy atom. The van der Waals surface area contributed by atoms with E-state index >= 15 is 0 Å². The highest BCUT2D eigenvalue weighted by atomic mass is 27.0. The molecule has 0 fully saturated rings. The van der Waals surface area contributed by atoms with Crippen LogP contribution in [-0.4, -0.2) is 26.7 Å². The molecule has 0 aliphatic heterocycles. The lowest BCUT2D eigenvalue weighted by molar-refractivity contribution is -0.124. The fraction of sp³-hybridized carbons (Fsp3) is 0.833. The highest BCUT2D eigenvalue weighted by Crippen LogP contribution is 2.28. The van der Waals surface area contributed by atoms with Crippen molar-refractivity contribution >= 4 is 26.7 Å². The van der Waals surface area contributed by atoms with E-state index in [1.165, 1.54) is 0 Å². The van der Waals surface area contributed by atoms with Crippen molar-refractivity contribution in [2.75, 3.05) is 0 Å². The summed E-state index contributed by atoms with van der Waals surface area (Å²) >= 11 is 0.606. The van der Waals surface area contributed by atoms with Gasteiger partial charge in [0.25, 0.3) is 0 Å². The molecule has 0 saturated heterocycles. The first-order chi connectivity index (χ1) is 6.68. The Bertz CT molecular complexity index is 244. The second kappa shape index (κ2) is 5.82. The molecule has 15 heavy (non-hydrogen) atoms. The van der Waals surface area contributed by atoms with Gasteiger partial charge in [0.1, 0.15) is 5.78 Å². The van der Waals surface area contributed by atoms with E-state index in [1.54, 1.807) is 6.92 Å². The van der Waals surface area contributed by atoms with Crippen LogP contribution in [-0.2, 0) is 9.59 Å². The molecule has 0 rings (SSSR count). The summed E-state index contributed by atoms with van der Waals surface area (Å²) in [6.45, 7) is 9.77. The van der Waals surface area contributed by atoms with Crippen molar-refractivity contribution in [2.24, 2.45) is 17.3 Å². The third-order valence-electron chi connectivity index (χ3n) is 3.36. The van der Waals surface area contributed by atoms with Crippen LogP contribution in [0.5, 0.6) is 0 Å². The zero-order valence-electron chi connectivity index (χ0n) is 10.9. The van der Waals surface area contributed by atoms with Gasteiger partial charge in [0.15, 0.2) is 0 Å². The van der Waals surface area contributed by atoms with Gasteiger partial charge in [0, 0.05) is 16.0 Å². The normalized spacial score (nSPS) is 14.0. The maximum Gasteiger partial charge on any atom is 0.320 e. The molecular formula is C12H23AlO2. The van der Waals surface area contributed by atoms with E-state index in [1.807, 2.05) is 13.8 Å². The number of carbonyl (C=O) groups is 2. The fourth-order valence-electron chi connectivity index (χ4n) is 1.70. The van der Waals surface area contributed by atoms with Crippen LogP contribution in [0, 0.1) is 17.3 Å². The van der Waals surface area contributed by atoms with Gasteiger partial charge in [0.05, 0.1) is 0 Å². The Balaban J connectivity index is 4.35. The number of carbonyl (C=O) groups excluding carboxylic acids is 2. The average Bonchev–Trinajstić information content (AvgIpc) is 2.02. The summed E-state index contributed by atoms with van der Waals surface area (Å²) in [6, 6.07) is 0. The average molecular weight is 226 g/mol. The molecule has 0 heterocycles. The van der Waals surface area contributed by atoms with Gasteiger partial charge in [-0.2, -0.15) is 0 Å². The molecule has 0 aromatic carbocycles. The summed E-state index contributed by atoms with van der Waals surface area (Å²) < 4.78 is 0.341. The minimum absolute atomic E-state index is 0.116. The van der Waals surface area contributed by atoms with Crippen LogP contribution in [0.25, 0.3) is 0 Å². The van der Waals surface area contributed by atoms with Crippen LogP contribution >= 0.6 is 0 Å². The summed E-state index contributed by atoms with van der Waals surface area (Å²) in [7, 11) is 0. The number of rotatable bonds is 6. The molecule has 0 spiro atoms. The van der Waals surface area contributed by atoms with Crippen LogP contribution in [0.2, 0.25) is 0 Å². The van der Waals surface area contributed by atoms with Gasteiger partial charge < -0.3 is 4.79 Å². The van der Waals surface area contributed by atoms with Crippen LogP contribution in [0.3, 0.4) is 0 Å². The van der Waals surface area contributed by atoms with E-state index in [4.69, 9.17) is 0 Å². The zero-order valence-corrected chi connectivity index (χ0v) is 12.9. The molecule has 0 aromatic heterocycles. The molecule has 3 heteroatoms. The summed E-state index contributed by atoms with van der Waals surface area (Å²) in [4.78, 5) is 22.8. The van der Waals surface area contributed by atoms with Gasteiger partial charge >= 0.3 is 16.3 Å². The first kappa shape index (κ1) is 14.9. The van der Waals surface area contributed by atoms with E-state index in [9.17, 15) is 9.59 Å². The Morgan fingerprint density at radius 3 is 2.00 bits per heavy atom. The maximum atomic E-state index is 11.4. The van der Waals surface area contributed by atoms with Gasteiger partial charge in [-0.15, -0.1) is 0 Å². The van der Waals surface area contributed by atoms with Crippen molar-refractivity contribution in [1.29, 1.82) is 0 Å². The SMILES string of the molecule is CC(=O)C(CCC(C)(C)[C](=O)[AlH2])C(C)C. The lowest BCUT2D eigenvalue weighted by Gasteiger charge is -2.26. The van der Waals surface area contributed by atoms with Gasteiger partial charge in [-0.05, 0) is 25.7 Å². The second-order valence-electron chi connectivity index (χ2n) is 5.44. The molecule has 1 unspecified atom stereocenters. The Labute approximate surface area is 101 Å². The van der Waals surface area contributed by atoms with Gasteiger partial charge in [-0.3, -0.25) is 4.79 Å². The Hall–Kier alpha value is -0.128. The van der Waals surface area contributed by atoms with Gasteiger partial charge in [-0.1, -0.05) is 27.7 Å². The van der Waals surface area contributed by atoms with Crippen LogP contribution in [0.15, 0.2) is 0 Å². The molecule has 86 valence electrons. The van der Waals surface area contributed by atoms with Crippen LogP contribution in [0.1, 0.15) is 47.5 Å². The van der Waals surface area contributed by atoms with Gasteiger partial charge in [-0.25, -0.2) is 0 Å². The maximum absolute atomic E-state index is 11.4. The first-order valence-electron chi connectivity index (χ1n) is 5.70. The Morgan fingerprint density at radius 2 is 1.73 bits per heavy atom. The first-order valence-corrected chi connectivity index (χ1v) is 6.70. The van der Waals surface area contributed by atoms with Crippen molar-refractivity contribution in [3.63, 3.8) is 0 Å². The van der Waals surface area contributed by atoms with E-state index in [2.05, 4.69) is 13.8 Å². The highest BCUT2D eigenvalue weighted by molar-refractivity contribution is 6.58. The molecule has 2 nitrogen and oxygen atoms in total. The number of hydrogen-bond acceptors (Lipinski definition) is 2. The standard InChI is InChI=1S/C12H21O2.Al.2H/c1-9(2)11(10(3)14)6-7-12(4,5)8-13;;;/h9,11H,6-7H2,1-5H3;;;. The van der Waals surface area contributed by atoms with Crippen molar-refractivity contribution in [3.05, 3.63) is 0 Å². The largest absolute Gasteiger partial charge is 0.321 e. The Kier molecular flexibility index (Phi) is 5.77. The summed E-state index contributed by atoms with van der Waals surface area (Å²) in [6.07, 6.45) is 1.67. The van der Waals surface area contributed by atoms with E-state index in [0.29, 0.717) is 26.9 Å². The van der Waals surface area contributed by atoms with E-state index in [0.717, 1.165) is 12.8 Å². The fourth-order valence-corrected chi connectivity index (χ4v) is 1.95. The molecule has 0 aliphatic carbocycles. The van der Waals surface area contributed by atoms with Crippen LogP contribution < -0.4 is 0 Å². The molecule has 0 bridgehead atoms. The number of Topliss-reactive ketones (excluding diaryl/α,β-unsaturated/α-hetero) is 1. The lowest BCUT2D eigenvalue weighted by Crippen LogP contribution is -2.27. The molecule has 0 amide bonds. The van der Waals surface area contributed by atoms with Crippen LogP contribution in [0.4, 0.5) is 0 Å². The minimum atomic E-state index is -0.227. The second-order valence-corrected chi connectivity index (χ2v) is 6.35. The molecule has 0 saturated carbocycles. The molecule has 0 aromatic rings. The van der Waals surface area contributed by atoms with Crippen molar-refractivity contribution in [2.45, 2.75) is 47.5 Å². The van der Waals surface area contributed by atoms with E-state index < -0.39 is 0 Å². The van der Waals surface area contributed by atoms with E-state index in [-0.39, 0.29) is 17.1 Å². The third kappa shape index (κ3) is 4.95. The molecule has 1 atom stereocenters. The minimum Gasteiger partial charge on any atom is -0.321 e. The van der Waals surface area contributed by atoms with Crippen molar-refractivity contribution in [1.82, 2.24) is 0 Å². The highest BCUT2D eigenvalue weighted by Gasteiger charge is 2.26. The third-order valence-corrected chi connectivity index (χ3v) is 4.71. The predicted octanol–water partition coefficient (Wildman–Crippen LogP) is 1.81. The summed E-state index contributed by atoms with van der Waals surface area (Å²) in [5.41, 5.74) is -0.227. The molecule has 0 aliphatic rings. The number of ketones is 1. The lowest BCUT2D eigenvalue weighted by atomic mass is 9.81. The number of hydrogen-bond donors (Lipinski definition) is 0. The quantitative estimate of drug-likeness (QED) is 0.647. The smallest absolute Gasteiger partial charge is 0.320 e. The predicted molar refractivity (Wildman–Crippen MR) is 65.6 cm³/mol. The zero-order chi connectivity index (χ0) is 12.2. The summed E-state index contributed by atoms with van der Waals surface area (Å²) in [5, 5.41) is 0. The summed E-state index contributed by atoms with van der Waals surface area (Å²) in [5.74, 6) is 0.745. The molecule has 0 radical (unpaired) electrons.